The molecule has 32 heavy (non-hydrogen) atoms. The highest BCUT2D eigenvalue weighted by atomic mass is 16.5. The van der Waals surface area contributed by atoms with Gasteiger partial charge in [0.2, 0.25) is 0 Å². The number of hydrogen-bond donors (Lipinski definition) is 2. The number of aromatic nitrogens is 1. The predicted octanol–water partition coefficient (Wildman–Crippen LogP) is 5.82. The zero-order valence-corrected chi connectivity index (χ0v) is 19.4. The molecule has 0 spiro atoms. The van der Waals surface area contributed by atoms with E-state index in [4.69, 9.17) is 9.47 Å². The van der Waals surface area contributed by atoms with Gasteiger partial charge in [-0.25, -0.2) is 0 Å². The number of para-hydroxylation sites is 1. The first-order valence-electron chi connectivity index (χ1n) is 11.7. The normalized spacial score (nSPS) is 20.5. The Bertz CT molecular complexity index is 1010. The summed E-state index contributed by atoms with van der Waals surface area (Å²) in [4.78, 5) is 16.5. The van der Waals surface area contributed by atoms with Crippen molar-refractivity contribution in [2.24, 2.45) is 11.8 Å². The van der Waals surface area contributed by atoms with Crippen LogP contribution in [-0.4, -0.2) is 31.7 Å². The zero-order chi connectivity index (χ0) is 22.5. The van der Waals surface area contributed by atoms with E-state index in [1.54, 1.807) is 14.2 Å². The molecule has 1 saturated carbocycles. The van der Waals surface area contributed by atoms with Crippen LogP contribution in [0.5, 0.6) is 11.5 Å². The van der Waals surface area contributed by atoms with Gasteiger partial charge in [-0.05, 0) is 81.1 Å². The van der Waals surface area contributed by atoms with E-state index in [9.17, 15) is 4.79 Å². The number of carbonyl (C=O) groups is 1. The molecule has 1 aromatic carbocycles. The molecule has 2 aliphatic carbocycles. The minimum Gasteiger partial charge on any atom is -0.493 e. The molecule has 0 saturated heterocycles. The number of methoxy groups -OCH3 is 2. The molecule has 1 aromatic heterocycles. The van der Waals surface area contributed by atoms with Crippen molar-refractivity contribution in [3.63, 3.8) is 0 Å². The van der Waals surface area contributed by atoms with Crippen LogP contribution in [0.15, 0.2) is 48.1 Å². The predicted molar refractivity (Wildman–Crippen MR) is 128 cm³/mol. The summed E-state index contributed by atoms with van der Waals surface area (Å²) < 4.78 is 11.0. The minimum atomic E-state index is -0.0470. The Labute approximate surface area is 190 Å². The summed E-state index contributed by atoms with van der Waals surface area (Å²) in [5.41, 5.74) is 4.68. The summed E-state index contributed by atoms with van der Waals surface area (Å²) in [5.74, 6) is 2.45. The molecule has 1 amide bonds. The highest BCUT2D eigenvalue weighted by Gasteiger charge is 2.25. The topological polar surface area (TPSA) is 63.4 Å². The fourth-order valence-electron chi connectivity index (χ4n) is 5.03. The van der Waals surface area contributed by atoms with Gasteiger partial charge in [-0.1, -0.05) is 24.3 Å². The second-order valence-electron chi connectivity index (χ2n) is 8.89. The first-order valence-corrected chi connectivity index (χ1v) is 11.7. The van der Waals surface area contributed by atoms with Gasteiger partial charge in [0.15, 0.2) is 11.5 Å². The molecule has 2 N–H and O–H groups in total. The van der Waals surface area contributed by atoms with Crippen molar-refractivity contribution in [1.82, 2.24) is 10.3 Å². The van der Waals surface area contributed by atoms with Gasteiger partial charge >= 0.3 is 0 Å². The number of amides is 1. The monoisotopic (exact) mass is 434 g/mol. The van der Waals surface area contributed by atoms with E-state index in [0.717, 1.165) is 23.5 Å². The van der Waals surface area contributed by atoms with Crippen molar-refractivity contribution in [2.45, 2.75) is 45.4 Å². The number of benzene rings is 1. The van der Waals surface area contributed by atoms with Crippen LogP contribution in [0, 0.1) is 18.8 Å². The van der Waals surface area contributed by atoms with Crippen LogP contribution in [0.25, 0.3) is 11.3 Å². The van der Waals surface area contributed by atoms with Gasteiger partial charge in [0, 0.05) is 17.8 Å². The molecular weight excluding hydrogens is 400 g/mol. The highest BCUT2D eigenvalue weighted by Crippen LogP contribution is 2.39. The number of aromatic amines is 1. The number of rotatable bonds is 7. The summed E-state index contributed by atoms with van der Waals surface area (Å²) in [7, 11) is 3.23. The van der Waals surface area contributed by atoms with Crippen molar-refractivity contribution < 1.29 is 14.3 Å². The first-order chi connectivity index (χ1) is 15.6. The molecule has 4 rings (SSSR count). The first kappa shape index (κ1) is 22.3. The summed E-state index contributed by atoms with van der Waals surface area (Å²) in [6.07, 6.45) is 14.1. The molecule has 2 aliphatic rings. The van der Waals surface area contributed by atoms with Crippen molar-refractivity contribution in [3.8, 4) is 22.8 Å². The van der Waals surface area contributed by atoms with Crippen molar-refractivity contribution in [3.05, 3.63) is 59.3 Å². The molecule has 0 radical (unpaired) electrons. The number of nitrogens with one attached hydrogen (secondary N) is 2. The maximum absolute atomic E-state index is 13.1. The fraction of sp³-hybridized carbons (Fsp3) is 0.444. The molecular formula is C27H34N2O3. The molecule has 0 atom stereocenters. The van der Waals surface area contributed by atoms with Crippen LogP contribution < -0.4 is 14.8 Å². The van der Waals surface area contributed by atoms with E-state index in [2.05, 4.69) is 28.5 Å². The van der Waals surface area contributed by atoms with Gasteiger partial charge in [0.05, 0.1) is 25.5 Å². The molecule has 0 unspecified atom stereocenters. The number of H-pyrrole nitrogens is 1. The summed E-state index contributed by atoms with van der Waals surface area (Å²) in [6.45, 7) is 2.68. The van der Waals surface area contributed by atoms with Gasteiger partial charge < -0.3 is 19.8 Å². The number of allylic oxidation sites excluding steroid dienone is 4. The molecule has 1 fully saturated rings. The van der Waals surface area contributed by atoms with E-state index in [-0.39, 0.29) is 5.91 Å². The lowest BCUT2D eigenvalue weighted by Crippen LogP contribution is -2.31. The molecule has 0 bridgehead atoms. The lowest BCUT2D eigenvalue weighted by atomic mass is 9.77. The van der Waals surface area contributed by atoms with Crippen LogP contribution in [0.1, 0.15) is 54.6 Å². The van der Waals surface area contributed by atoms with Crippen molar-refractivity contribution >= 4 is 5.91 Å². The lowest BCUT2D eigenvalue weighted by Gasteiger charge is -2.30. The van der Waals surface area contributed by atoms with Crippen molar-refractivity contribution in [1.29, 1.82) is 0 Å². The Hall–Kier alpha value is -2.95. The third kappa shape index (κ3) is 4.77. The van der Waals surface area contributed by atoms with E-state index >= 15 is 0 Å². The van der Waals surface area contributed by atoms with Crippen LogP contribution in [-0.2, 0) is 0 Å². The molecule has 0 aliphatic heterocycles. The summed E-state index contributed by atoms with van der Waals surface area (Å²) in [5, 5.41) is 3.19. The average Bonchev–Trinajstić information content (AvgIpc) is 3.24. The number of aryl methyl sites for hydroxylation is 1. The third-order valence-corrected chi connectivity index (χ3v) is 6.76. The maximum atomic E-state index is 13.1. The van der Waals surface area contributed by atoms with Gasteiger partial charge in [-0.3, -0.25) is 4.79 Å². The Morgan fingerprint density at radius 3 is 2.62 bits per heavy atom. The van der Waals surface area contributed by atoms with Crippen LogP contribution in [0.4, 0.5) is 0 Å². The maximum Gasteiger partial charge on any atom is 0.253 e. The molecule has 5 heteroatoms. The largest absolute Gasteiger partial charge is 0.493 e. The van der Waals surface area contributed by atoms with Crippen LogP contribution in [0.3, 0.4) is 0 Å². The van der Waals surface area contributed by atoms with E-state index < -0.39 is 0 Å². The number of carbonyl (C=O) groups excluding carboxylic acids is 1. The Balaban J connectivity index is 1.41. The van der Waals surface area contributed by atoms with E-state index in [0.29, 0.717) is 28.9 Å². The Kier molecular flexibility index (Phi) is 7.03. The smallest absolute Gasteiger partial charge is 0.253 e. The second kappa shape index (κ2) is 10.1. The lowest BCUT2D eigenvalue weighted by molar-refractivity contribution is 0.0943. The fourth-order valence-corrected chi connectivity index (χ4v) is 5.03. The van der Waals surface area contributed by atoms with Gasteiger partial charge in [-0.2, -0.15) is 0 Å². The third-order valence-electron chi connectivity index (χ3n) is 6.76. The average molecular weight is 435 g/mol. The molecule has 2 aromatic rings. The standard InChI is InChI=1S/C27H34N2O3/c1-18-16-23(25(29-18)22-10-7-11-24(31-2)26(22)32-3)27(30)28-17-19-12-14-21(15-13-19)20-8-5-4-6-9-20/h5,7-11,16,19,21,29H,4,6,12-15,17H2,1-3H3,(H,28,30). The Morgan fingerprint density at radius 2 is 1.94 bits per heavy atom. The van der Waals surface area contributed by atoms with E-state index in [1.165, 1.54) is 44.1 Å². The summed E-state index contributed by atoms with van der Waals surface area (Å²) >= 11 is 0. The van der Waals surface area contributed by atoms with Gasteiger partial charge in [0.1, 0.15) is 0 Å². The van der Waals surface area contributed by atoms with Crippen LogP contribution in [0.2, 0.25) is 0 Å². The zero-order valence-electron chi connectivity index (χ0n) is 19.4. The number of ether oxygens (including phenoxy) is 2. The second-order valence-corrected chi connectivity index (χ2v) is 8.89. The number of hydrogen-bond acceptors (Lipinski definition) is 3. The quantitative estimate of drug-likeness (QED) is 0.577. The molecule has 1 heterocycles. The van der Waals surface area contributed by atoms with Gasteiger partial charge in [0.25, 0.3) is 5.91 Å². The Morgan fingerprint density at radius 1 is 1.12 bits per heavy atom. The minimum absolute atomic E-state index is 0.0470. The molecule has 5 nitrogen and oxygen atoms in total. The van der Waals surface area contributed by atoms with Gasteiger partial charge in [-0.15, -0.1) is 0 Å². The van der Waals surface area contributed by atoms with E-state index in [1.807, 2.05) is 31.2 Å². The highest BCUT2D eigenvalue weighted by molar-refractivity contribution is 6.01. The molecule has 170 valence electrons. The van der Waals surface area contributed by atoms with Crippen molar-refractivity contribution in [2.75, 3.05) is 20.8 Å². The summed E-state index contributed by atoms with van der Waals surface area (Å²) in [6, 6.07) is 7.61. The van der Waals surface area contributed by atoms with Crippen LogP contribution >= 0.6 is 0 Å². The SMILES string of the molecule is COc1cccc(-c2[nH]c(C)cc2C(=O)NCC2CCC(C3=CCCC=C3)CC2)c1OC.